The fourth-order valence-corrected chi connectivity index (χ4v) is 4.28. The molecule has 0 aliphatic carbocycles. The molecule has 1 heterocycles. The molecule has 1 amide bonds. The summed E-state index contributed by atoms with van der Waals surface area (Å²) in [6, 6.07) is 5.46. The smallest absolute Gasteiger partial charge is 0.245 e. The molecule has 116 valence electrons. The molecule has 21 heavy (non-hydrogen) atoms. The lowest BCUT2D eigenvalue weighted by atomic mass is 9.95. The molecule has 0 unspecified atom stereocenters. The first-order chi connectivity index (χ1) is 9.78. The van der Waals surface area contributed by atoms with E-state index in [1.165, 1.54) is 0 Å². The van der Waals surface area contributed by atoms with Gasteiger partial charge in [0.25, 0.3) is 0 Å². The number of piperidine rings is 1. The molecule has 1 aliphatic heterocycles. The Balaban J connectivity index is 2.34. The van der Waals surface area contributed by atoms with Gasteiger partial charge in [-0.3, -0.25) is 4.79 Å². The van der Waals surface area contributed by atoms with E-state index in [9.17, 15) is 13.2 Å². The molecule has 0 bridgehead atoms. The Kier molecular flexibility index (Phi) is 4.75. The van der Waals surface area contributed by atoms with E-state index in [0.29, 0.717) is 31.6 Å². The Hall–Kier alpha value is -0.920. The first-order valence-corrected chi connectivity index (χ1v) is 9.43. The molecule has 0 aromatic heterocycles. The van der Waals surface area contributed by atoms with E-state index in [1.54, 1.807) is 6.07 Å². The maximum absolute atomic E-state index is 12.7. The molecular formula is C14H19BrN2O3S. The van der Waals surface area contributed by atoms with Gasteiger partial charge in [-0.15, -0.1) is 0 Å². The maximum Gasteiger partial charge on any atom is 0.245 e. The lowest BCUT2D eigenvalue weighted by Crippen LogP contribution is -2.55. The number of halogens is 1. The second-order valence-corrected chi connectivity index (χ2v) is 8.56. The summed E-state index contributed by atoms with van der Waals surface area (Å²) in [6.45, 7) is 2.92. The highest BCUT2D eigenvalue weighted by atomic mass is 79.9. The van der Waals surface area contributed by atoms with Crippen molar-refractivity contribution in [2.45, 2.75) is 24.5 Å². The molecular weight excluding hydrogens is 356 g/mol. The van der Waals surface area contributed by atoms with Crippen molar-refractivity contribution in [3.63, 3.8) is 0 Å². The molecule has 0 atom stereocenters. The monoisotopic (exact) mass is 374 g/mol. The van der Waals surface area contributed by atoms with E-state index in [-0.39, 0.29) is 0 Å². The van der Waals surface area contributed by atoms with Gasteiger partial charge in [0.1, 0.15) is 0 Å². The van der Waals surface area contributed by atoms with Gasteiger partial charge >= 0.3 is 0 Å². The summed E-state index contributed by atoms with van der Waals surface area (Å²) in [5.74, 6) is -0.437. The van der Waals surface area contributed by atoms with Gasteiger partial charge in [0, 0.05) is 16.4 Å². The van der Waals surface area contributed by atoms with Gasteiger partial charge in [-0.1, -0.05) is 22.0 Å². The molecule has 2 rings (SSSR count). The van der Waals surface area contributed by atoms with Crippen LogP contribution in [0.25, 0.3) is 0 Å². The van der Waals surface area contributed by atoms with Crippen LogP contribution in [0.3, 0.4) is 0 Å². The highest BCUT2D eigenvalue weighted by Gasteiger charge is 2.48. The number of benzene rings is 1. The highest BCUT2D eigenvalue weighted by molar-refractivity contribution is 9.10. The number of anilines is 1. The van der Waals surface area contributed by atoms with Gasteiger partial charge in [0.15, 0.2) is 14.6 Å². The number of rotatable bonds is 3. The van der Waals surface area contributed by atoms with Crippen LogP contribution in [-0.2, 0) is 14.6 Å². The number of amides is 1. The van der Waals surface area contributed by atoms with E-state index >= 15 is 0 Å². The number of carbonyl (C=O) groups excluding carboxylic acids is 1. The molecule has 1 fully saturated rings. The minimum atomic E-state index is -3.49. The Bertz CT molecular complexity index is 652. The van der Waals surface area contributed by atoms with Crippen LogP contribution in [0.5, 0.6) is 0 Å². The first kappa shape index (κ1) is 16.5. The minimum absolute atomic E-state index is 0.296. The molecule has 0 spiro atoms. The fourth-order valence-electron chi connectivity index (χ4n) is 2.58. The van der Waals surface area contributed by atoms with Gasteiger partial charge in [-0.2, -0.15) is 0 Å². The fraction of sp³-hybridized carbons (Fsp3) is 0.500. The van der Waals surface area contributed by atoms with E-state index in [2.05, 4.69) is 26.6 Å². The number of hydrogen-bond acceptors (Lipinski definition) is 4. The van der Waals surface area contributed by atoms with Crippen molar-refractivity contribution < 1.29 is 13.2 Å². The highest BCUT2D eigenvalue weighted by Crippen LogP contribution is 2.31. The number of nitrogens with one attached hydrogen (secondary N) is 2. The standard InChI is InChI=1S/C14H19BrN2O3S/c1-10-11(15)4-3-5-12(10)17-13(18)14(21(2,19)20)6-8-16-9-7-14/h3-5,16H,6-9H2,1-2H3,(H,17,18). The Morgan fingerprint density at radius 2 is 1.95 bits per heavy atom. The molecule has 7 heteroatoms. The Morgan fingerprint density at radius 1 is 1.33 bits per heavy atom. The quantitative estimate of drug-likeness (QED) is 0.846. The normalized spacial score (nSPS) is 18.2. The van der Waals surface area contributed by atoms with Gasteiger partial charge < -0.3 is 10.6 Å². The molecule has 5 nitrogen and oxygen atoms in total. The largest absolute Gasteiger partial charge is 0.324 e. The number of carbonyl (C=O) groups is 1. The summed E-state index contributed by atoms with van der Waals surface area (Å²) in [5, 5.41) is 5.89. The van der Waals surface area contributed by atoms with Gasteiger partial charge in [-0.25, -0.2) is 8.42 Å². The first-order valence-electron chi connectivity index (χ1n) is 6.75. The molecule has 1 saturated heterocycles. The van der Waals surface area contributed by atoms with Crippen molar-refractivity contribution in [2.75, 3.05) is 24.7 Å². The van der Waals surface area contributed by atoms with Crippen LogP contribution < -0.4 is 10.6 Å². The van der Waals surface area contributed by atoms with Crippen LogP contribution in [0.4, 0.5) is 5.69 Å². The van der Waals surface area contributed by atoms with E-state index in [0.717, 1.165) is 16.3 Å². The van der Waals surface area contributed by atoms with Crippen molar-refractivity contribution in [3.8, 4) is 0 Å². The molecule has 1 aliphatic rings. The van der Waals surface area contributed by atoms with Crippen molar-refractivity contribution >= 4 is 37.4 Å². The summed E-state index contributed by atoms with van der Waals surface area (Å²) < 4.78 is 23.9. The Labute approximate surface area is 133 Å². The molecule has 0 saturated carbocycles. The molecule has 0 radical (unpaired) electrons. The van der Waals surface area contributed by atoms with Crippen molar-refractivity contribution in [1.29, 1.82) is 0 Å². The lowest BCUT2D eigenvalue weighted by molar-refractivity contribution is -0.119. The summed E-state index contributed by atoms with van der Waals surface area (Å²) in [7, 11) is -3.49. The number of sulfone groups is 1. The Morgan fingerprint density at radius 3 is 2.52 bits per heavy atom. The van der Waals surface area contributed by atoms with E-state index in [4.69, 9.17) is 0 Å². The predicted octanol–water partition coefficient (Wildman–Crippen LogP) is 1.86. The summed E-state index contributed by atoms with van der Waals surface area (Å²) in [5.41, 5.74) is 1.51. The average Bonchev–Trinajstić information content (AvgIpc) is 2.43. The zero-order valence-corrected chi connectivity index (χ0v) is 14.5. The maximum atomic E-state index is 12.7. The second kappa shape index (κ2) is 6.06. The number of hydrogen-bond donors (Lipinski definition) is 2. The van der Waals surface area contributed by atoms with E-state index < -0.39 is 20.5 Å². The minimum Gasteiger partial charge on any atom is -0.324 e. The third-order valence-corrected chi connectivity index (χ3v) is 6.92. The third-order valence-electron chi connectivity index (χ3n) is 4.05. The second-order valence-electron chi connectivity index (χ2n) is 5.38. The third kappa shape index (κ3) is 3.14. The van der Waals surface area contributed by atoms with Crippen molar-refractivity contribution in [3.05, 3.63) is 28.2 Å². The average molecular weight is 375 g/mol. The zero-order chi connectivity index (χ0) is 15.7. The zero-order valence-electron chi connectivity index (χ0n) is 12.1. The van der Waals surface area contributed by atoms with Gasteiger partial charge in [-0.05, 0) is 50.6 Å². The van der Waals surface area contributed by atoms with Crippen LogP contribution in [-0.4, -0.2) is 38.4 Å². The summed E-state index contributed by atoms with van der Waals surface area (Å²) >= 11 is 3.41. The summed E-state index contributed by atoms with van der Waals surface area (Å²) in [6.07, 6.45) is 1.74. The van der Waals surface area contributed by atoms with Gasteiger partial charge in [0.2, 0.25) is 5.91 Å². The van der Waals surface area contributed by atoms with E-state index in [1.807, 2.05) is 19.1 Å². The molecule has 2 N–H and O–H groups in total. The SMILES string of the molecule is Cc1c(Br)cccc1NC(=O)C1(S(C)(=O)=O)CCNCC1. The molecule has 1 aromatic rings. The van der Waals surface area contributed by atoms with Crippen LogP contribution in [0.2, 0.25) is 0 Å². The predicted molar refractivity (Wildman–Crippen MR) is 87.2 cm³/mol. The van der Waals surface area contributed by atoms with Crippen LogP contribution in [0.1, 0.15) is 18.4 Å². The topological polar surface area (TPSA) is 75.3 Å². The van der Waals surface area contributed by atoms with Crippen molar-refractivity contribution in [2.24, 2.45) is 0 Å². The van der Waals surface area contributed by atoms with Crippen LogP contribution in [0.15, 0.2) is 22.7 Å². The van der Waals surface area contributed by atoms with Crippen LogP contribution in [0, 0.1) is 6.92 Å². The van der Waals surface area contributed by atoms with Crippen LogP contribution >= 0.6 is 15.9 Å². The molecule has 1 aromatic carbocycles. The van der Waals surface area contributed by atoms with Crippen molar-refractivity contribution in [1.82, 2.24) is 5.32 Å². The summed E-state index contributed by atoms with van der Waals surface area (Å²) in [4.78, 5) is 12.7. The lowest BCUT2D eigenvalue weighted by Gasteiger charge is -2.34. The van der Waals surface area contributed by atoms with Gasteiger partial charge in [0.05, 0.1) is 0 Å².